The zero-order valence-electron chi connectivity index (χ0n) is 15.7. The number of carboxylic acid groups (broad SMARTS) is 1. The predicted octanol–water partition coefficient (Wildman–Crippen LogP) is 3.06. The van der Waals surface area contributed by atoms with E-state index in [9.17, 15) is 14.7 Å². The van der Waals surface area contributed by atoms with Gasteiger partial charge in [-0.3, -0.25) is 4.79 Å². The molecule has 1 aliphatic heterocycles. The standard InChI is InChI=1S/C22H23NO5/c1-14(22(25)26)23(13-15-5-3-2-4-6-15)21(24)18-12-17(18)16-7-8-19-20(11-16)28-10-9-27-19/h2-8,11,14,17-18H,9-10,12-13H2,1H3,(H,25,26). The molecular weight excluding hydrogens is 358 g/mol. The maximum Gasteiger partial charge on any atom is 0.326 e. The first-order valence-corrected chi connectivity index (χ1v) is 9.51. The molecule has 6 heteroatoms. The number of hydrogen-bond acceptors (Lipinski definition) is 4. The van der Waals surface area contributed by atoms with Gasteiger partial charge in [-0.2, -0.15) is 0 Å². The molecule has 4 rings (SSSR count). The van der Waals surface area contributed by atoms with Crippen molar-refractivity contribution in [1.82, 2.24) is 4.90 Å². The van der Waals surface area contributed by atoms with Gasteiger partial charge in [0.05, 0.1) is 0 Å². The Morgan fingerprint density at radius 2 is 1.82 bits per heavy atom. The molecule has 1 amide bonds. The number of amides is 1. The molecule has 1 aliphatic carbocycles. The molecule has 0 bridgehead atoms. The van der Waals surface area contributed by atoms with Crippen molar-refractivity contribution in [3.05, 3.63) is 59.7 Å². The third-order valence-electron chi connectivity index (χ3n) is 5.41. The first kappa shape index (κ1) is 18.3. The van der Waals surface area contributed by atoms with E-state index >= 15 is 0 Å². The number of carbonyl (C=O) groups is 2. The molecule has 1 saturated carbocycles. The SMILES string of the molecule is CC(C(=O)O)N(Cc1ccccc1)C(=O)C1CC1c1ccc2c(c1)OCCO2. The molecule has 28 heavy (non-hydrogen) atoms. The molecule has 0 radical (unpaired) electrons. The van der Waals surface area contributed by atoms with E-state index in [1.54, 1.807) is 6.92 Å². The lowest BCUT2D eigenvalue weighted by Gasteiger charge is -2.27. The minimum absolute atomic E-state index is 0.0857. The number of rotatable bonds is 6. The van der Waals surface area contributed by atoms with E-state index in [4.69, 9.17) is 9.47 Å². The number of carbonyl (C=O) groups excluding carboxylic acids is 1. The van der Waals surface area contributed by atoms with E-state index in [1.807, 2.05) is 48.5 Å². The van der Waals surface area contributed by atoms with Gasteiger partial charge in [-0.05, 0) is 42.5 Å². The molecule has 6 nitrogen and oxygen atoms in total. The third-order valence-corrected chi connectivity index (χ3v) is 5.41. The van der Waals surface area contributed by atoms with Crippen molar-refractivity contribution in [2.24, 2.45) is 5.92 Å². The lowest BCUT2D eigenvalue weighted by Crippen LogP contribution is -2.43. The molecule has 2 aromatic carbocycles. The Morgan fingerprint density at radius 3 is 2.54 bits per heavy atom. The van der Waals surface area contributed by atoms with Crippen LogP contribution in [0.3, 0.4) is 0 Å². The Balaban J connectivity index is 1.51. The van der Waals surface area contributed by atoms with Crippen LogP contribution in [0.5, 0.6) is 11.5 Å². The summed E-state index contributed by atoms with van der Waals surface area (Å²) in [6.45, 7) is 2.91. The lowest BCUT2D eigenvalue weighted by molar-refractivity contribution is -0.150. The van der Waals surface area contributed by atoms with Crippen molar-refractivity contribution in [3.8, 4) is 11.5 Å². The van der Waals surface area contributed by atoms with Crippen LogP contribution in [-0.4, -0.2) is 41.1 Å². The van der Waals surface area contributed by atoms with Crippen LogP contribution in [-0.2, 0) is 16.1 Å². The summed E-state index contributed by atoms with van der Waals surface area (Å²) in [7, 11) is 0. The normalized spacial score (nSPS) is 20.9. The van der Waals surface area contributed by atoms with Crippen LogP contribution >= 0.6 is 0 Å². The molecule has 2 aliphatic rings. The highest BCUT2D eigenvalue weighted by Gasteiger charge is 2.47. The first-order valence-electron chi connectivity index (χ1n) is 9.51. The smallest absolute Gasteiger partial charge is 0.326 e. The van der Waals surface area contributed by atoms with Gasteiger partial charge in [0.1, 0.15) is 19.3 Å². The molecule has 2 aromatic rings. The van der Waals surface area contributed by atoms with Gasteiger partial charge in [-0.1, -0.05) is 36.4 Å². The molecule has 3 atom stereocenters. The average Bonchev–Trinajstić information content (AvgIpc) is 3.52. The van der Waals surface area contributed by atoms with E-state index in [0.717, 1.165) is 23.3 Å². The summed E-state index contributed by atoms with van der Waals surface area (Å²) >= 11 is 0. The highest BCUT2D eigenvalue weighted by molar-refractivity contribution is 5.87. The summed E-state index contributed by atoms with van der Waals surface area (Å²) in [5.74, 6) is 0.209. The summed E-state index contributed by atoms with van der Waals surface area (Å²) in [4.78, 5) is 26.2. The Morgan fingerprint density at radius 1 is 1.11 bits per heavy atom. The van der Waals surface area contributed by atoms with E-state index < -0.39 is 12.0 Å². The van der Waals surface area contributed by atoms with Gasteiger partial charge in [0.2, 0.25) is 5.91 Å². The van der Waals surface area contributed by atoms with Gasteiger partial charge in [-0.15, -0.1) is 0 Å². The van der Waals surface area contributed by atoms with Gasteiger partial charge >= 0.3 is 5.97 Å². The van der Waals surface area contributed by atoms with Crippen LogP contribution in [0.1, 0.15) is 30.4 Å². The second-order valence-corrected chi connectivity index (χ2v) is 7.32. The Bertz CT molecular complexity index is 882. The Kier molecular flexibility index (Phi) is 4.94. The molecule has 3 unspecified atom stereocenters. The Labute approximate surface area is 163 Å². The number of carboxylic acids is 1. The highest BCUT2D eigenvalue weighted by atomic mass is 16.6. The fourth-order valence-corrected chi connectivity index (χ4v) is 3.66. The molecular formula is C22H23NO5. The van der Waals surface area contributed by atoms with Crippen LogP contribution in [0.25, 0.3) is 0 Å². The topological polar surface area (TPSA) is 76.1 Å². The quantitative estimate of drug-likeness (QED) is 0.832. The summed E-state index contributed by atoms with van der Waals surface area (Å²) in [5.41, 5.74) is 1.95. The molecule has 146 valence electrons. The molecule has 0 spiro atoms. The van der Waals surface area contributed by atoms with Gasteiger partial charge in [0.15, 0.2) is 11.5 Å². The number of benzene rings is 2. The van der Waals surface area contributed by atoms with E-state index in [2.05, 4.69) is 0 Å². The molecule has 1 N–H and O–H groups in total. The second-order valence-electron chi connectivity index (χ2n) is 7.32. The maximum absolute atomic E-state index is 13.1. The first-order chi connectivity index (χ1) is 13.5. The zero-order valence-corrected chi connectivity index (χ0v) is 15.7. The van der Waals surface area contributed by atoms with Crippen molar-refractivity contribution >= 4 is 11.9 Å². The average molecular weight is 381 g/mol. The zero-order chi connectivity index (χ0) is 19.7. The lowest BCUT2D eigenvalue weighted by atomic mass is 10.1. The van der Waals surface area contributed by atoms with Crippen LogP contribution in [0.4, 0.5) is 0 Å². The fraction of sp³-hybridized carbons (Fsp3) is 0.364. The van der Waals surface area contributed by atoms with Gasteiger partial charge < -0.3 is 19.5 Å². The highest BCUT2D eigenvalue weighted by Crippen LogP contribution is 2.50. The van der Waals surface area contributed by atoms with E-state index in [1.165, 1.54) is 4.90 Å². The van der Waals surface area contributed by atoms with Crippen LogP contribution in [0.2, 0.25) is 0 Å². The van der Waals surface area contributed by atoms with Crippen LogP contribution in [0.15, 0.2) is 48.5 Å². The maximum atomic E-state index is 13.1. The van der Waals surface area contributed by atoms with E-state index in [0.29, 0.717) is 19.0 Å². The van der Waals surface area contributed by atoms with Gasteiger partial charge in [-0.25, -0.2) is 4.79 Å². The van der Waals surface area contributed by atoms with Crippen molar-refractivity contribution in [2.45, 2.75) is 31.8 Å². The predicted molar refractivity (Wildman–Crippen MR) is 102 cm³/mol. The molecule has 0 saturated heterocycles. The van der Waals surface area contributed by atoms with Gasteiger partial charge in [0, 0.05) is 12.5 Å². The van der Waals surface area contributed by atoms with Crippen molar-refractivity contribution < 1.29 is 24.2 Å². The van der Waals surface area contributed by atoms with E-state index in [-0.39, 0.29) is 24.3 Å². The number of fused-ring (bicyclic) bond motifs is 1. The number of ether oxygens (including phenoxy) is 2. The number of nitrogens with zero attached hydrogens (tertiary/aromatic N) is 1. The minimum Gasteiger partial charge on any atom is -0.486 e. The number of aliphatic carboxylic acids is 1. The largest absolute Gasteiger partial charge is 0.486 e. The minimum atomic E-state index is -0.999. The molecule has 0 aromatic heterocycles. The van der Waals surface area contributed by atoms with Crippen molar-refractivity contribution in [1.29, 1.82) is 0 Å². The van der Waals surface area contributed by atoms with Crippen molar-refractivity contribution in [2.75, 3.05) is 13.2 Å². The van der Waals surface area contributed by atoms with Crippen LogP contribution in [0, 0.1) is 5.92 Å². The van der Waals surface area contributed by atoms with Crippen molar-refractivity contribution in [3.63, 3.8) is 0 Å². The monoisotopic (exact) mass is 381 g/mol. The second kappa shape index (κ2) is 7.54. The summed E-state index contributed by atoms with van der Waals surface area (Å²) in [5, 5.41) is 9.47. The molecule has 1 fully saturated rings. The van der Waals surface area contributed by atoms with Gasteiger partial charge in [0.25, 0.3) is 0 Å². The number of hydrogen-bond donors (Lipinski definition) is 1. The Hall–Kier alpha value is -3.02. The summed E-state index contributed by atoms with van der Waals surface area (Å²) in [6.07, 6.45) is 0.718. The summed E-state index contributed by atoms with van der Waals surface area (Å²) in [6, 6.07) is 14.4. The van der Waals surface area contributed by atoms with Crippen LogP contribution < -0.4 is 9.47 Å². The third kappa shape index (κ3) is 3.67. The summed E-state index contributed by atoms with van der Waals surface area (Å²) < 4.78 is 11.2. The molecule has 1 heterocycles. The fourth-order valence-electron chi connectivity index (χ4n) is 3.66.